The van der Waals surface area contributed by atoms with Crippen LogP contribution < -0.4 is 10.1 Å². The van der Waals surface area contributed by atoms with E-state index in [0.717, 1.165) is 0 Å². The minimum atomic E-state index is -0.468. The molecule has 0 bridgehead atoms. The van der Waals surface area contributed by atoms with Gasteiger partial charge >= 0.3 is 0 Å². The summed E-state index contributed by atoms with van der Waals surface area (Å²) in [7, 11) is 0. The Bertz CT molecular complexity index is 338. The number of rotatable bonds is 5. The molecule has 0 aliphatic heterocycles. The highest BCUT2D eigenvalue weighted by Gasteiger charge is 2.24. The minimum Gasteiger partial charge on any atom is -0.478 e. The van der Waals surface area contributed by atoms with Gasteiger partial charge < -0.3 is 15.2 Å². The summed E-state index contributed by atoms with van der Waals surface area (Å²) in [6.07, 6.45) is -0.468. The van der Waals surface area contributed by atoms with E-state index in [9.17, 15) is 5.11 Å². The Hall–Kier alpha value is -1.29. The molecule has 1 aromatic heterocycles. The first kappa shape index (κ1) is 12.8. The van der Waals surface area contributed by atoms with Crippen LogP contribution in [0.4, 0.5) is 5.82 Å². The fourth-order valence-corrected chi connectivity index (χ4v) is 1.15. The highest BCUT2D eigenvalue weighted by Crippen LogP contribution is 2.18. The van der Waals surface area contributed by atoms with Crippen LogP contribution in [0.5, 0.6) is 5.88 Å². The molecule has 0 spiro atoms. The second-order valence-electron chi connectivity index (χ2n) is 4.32. The summed E-state index contributed by atoms with van der Waals surface area (Å²) in [6, 6.07) is 5.54. The lowest BCUT2D eigenvalue weighted by atomic mass is 9.99. The number of aliphatic hydroxyl groups excluding tert-OH is 1. The smallest absolute Gasteiger partial charge is 0.215 e. The van der Waals surface area contributed by atoms with Gasteiger partial charge in [-0.1, -0.05) is 6.07 Å². The van der Waals surface area contributed by atoms with Crippen LogP contribution in [0.1, 0.15) is 27.7 Å². The largest absolute Gasteiger partial charge is 0.478 e. The predicted octanol–water partition coefficient (Wildman–Crippen LogP) is 2.05. The van der Waals surface area contributed by atoms with Crippen molar-refractivity contribution in [1.82, 2.24) is 4.98 Å². The lowest BCUT2D eigenvalue weighted by Crippen LogP contribution is -2.42. The van der Waals surface area contributed by atoms with E-state index >= 15 is 0 Å². The zero-order chi connectivity index (χ0) is 12.2. The van der Waals surface area contributed by atoms with E-state index in [-0.39, 0.29) is 0 Å². The van der Waals surface area contributed by atoms with Gasteiger partial charge in [0.05, 0.1) is 18.2 Å². The maximum Gasteiger partial charge on any atom is 0.215 e. The Balaban J connectivity index is 2.77. The van der Waals surface area contributed by atoms with E-state index in [2.05, 4.69) is 10.3 Å². The Morgan fingerprint density at radius 3 is 2.75 bits per heavy atom. The molecule has 0 fully saturated rings. The maximum atomic E-state index is 9.59. The molecular formula is C12H20N2O2. The number of aromatic nitrogens is 1. The first-order valence-electron chi connectivity index (χ1n) is 5.52. The third-order valence-electron chi connectivity index (χ3n) is 2.51. The molecule has 1 aromatic rings. The molecular weight excluding hydrogens is 204 g/mol. The quantitative estimate of drug-likeness (QED) is 0.803. The Morgan fingerprint density at radius 1 is 1.50 bits per heavy atom. The van der Waals surface area contributed by atoms with E-state index in [1.807, 2.05) is 39.0 Å². The lowest BCUT2D eigenvalue weighted by molar-refractivity contribution is 0.133. The second kappa shape index (κ2) is 5.16. The van der Waals surface area contributed by atoms with Gasteiger partial charge in [0.1, 0.15) is 5.82 Å². The average molecular weight is 224 g/mol. The topological polar surface area (TPSA) is 54.4 Å². The van der Waals surface area contributed by atoms with Crippen molar-refractivity contribution >= 4 is 5.82 Å². The number of aliphatic hydroxyl groups is 1. The molecule has 0 saturated carbocycles. The predicted molar refractivity (Wildman–Crippen MR) is 64.8 cm³/mol. The fourth-order valence-electron chi connectivity index (χ4n) is 1.15. The Morgan fingerprint density at radius 2 is 2.19 bits per heavy atom. The maximum absolute atomic E-state index is 9.59. The molecule has 0 aromatic carbocycles. The van der Waals surface area contributed by atoms with Crippen LogP contribution in [-0.2, 0) is 0 Å². The SMILES string of the molecule is CCOc1cccc(NC(C)(C)C(C)O)n1. The van der Waals surface area contributed by atoms with Crippen molar-refractivity contribution in [2.75, 3.05) is 11.9 Å². The number of hydrogen-bond acceptors (Lipinski definition) is 4. The molecule has 4 heteroatoms. The van der Waals surface area contributed by atoms with Crippen molar-refractivity contribution in [3.05, 3.63) is 18.2 Å². The standard InChI is InChI=1S/C12H20N2O2/c1-5-16-11-8-6-7-10(13-11)14-12(3,4)9(2)15/h6-9,15H,5H2,1-4H3,(H,13,14). The Labute approximate surface area is 96.7 Å². The van der Waals surface area contributed by atoms with Gasteiger partial charge in [0.25, 0.3) is 0 Å². The lowest BCUT2D eigenvalue weighted by Gasteiger charge is -2.29. The Kier molecular flexibility index (Phi) is 4.12. The summed E-state index contributed by atoms with van der Waals surface area (Å²) >= 11 is 0. The fraction of sp³-hybridized carbons (Fsp3) is 0.583. The van der Waals surface area contributed by atoms with Crippen LogP contribution >= 0.6 is 0 Å². The zero-order valence-electron chi connectivity index (χ0n) is 10.3. The molecule has 1 heterocycles. The molecule has 2 N–H and O–H groups in total. The van der Waals surface area contributed by atoms with E-state index in [1.54, 1.807) is 6.92 Å². The number of nitrogens with one attached hydrogen (secondary N) is 1. The van der Waals surface area contributed by atoms with Gasteiger partial charge in [-0.2, -0.15) is 4.98 Å². The first-order valence-corrected chi connectivity index (χ1v) is 5.52. The van der Waals surface area contributed by atoms with Gasteiger partial charge in [0.2, 0.25) is 5.88 Å². The van der Waals surface area contributed by atoms with Gasteiger partial charge in [-0.3, -0.25) is 0 Å². The van der Waals surface area contributed by atoms with Crippen LogP contribution in [0, 0.1) is 0 Å². The van der Waals surface area contributed by atoms with Crippen LogP contribution in [0.2, 0.25) is 0 Å². The summed E-state index contributed by atoms with van der Waals surface area (Å²) in [4.78, 5) is 4.29. The van der Waals surface area contributed by atoms with Gasteiger partial charge in [-0.05, 0) is 33.8 Å². The molecule has 1 rings (SSSR count). The molecule has 0 saturated heterocycles. The van der Waals surface area contributed by atoms with E-state index < -0.39 is 11.6 Å². The van der Waals surface area contributed by atoms with E-state index in [1.165, 1.54) is 0 Å². The molecule has 90 valence electrons. The second-order valence-corrected chi connectivity index (χ2v) is 4.32. The van der Waals surface area contributed by atoms with Gasteiger partial charge in [-0.25, -0.2) is 0 Å². The highest BCUT2D eigenvalue weighted by molar-refractivity contribution is 5.39. The molecule has 0 aliphatic carbocycles. The number of nitrogens with zero attached hydrogens (tertiary/aromatic N) is 1. The molecule has 0 amide bonds. The number of hydrogen-bond donors (Lipinski definition) is 2. The summed E-state index contributed by atoms with van der Waals surface area (Å²) in [5, 5.41) is 12.8. The monoisotopic (exact) mass is 224 g/mol. The molecule has 0 aliphatic rings. The number of anilines is 1. The normalized spacial score (nSPS) is 13.3. The molecule has 1 atom stereocenters. The summed E-state index contributed by atoms with van der Waals surface area (Å²) < 4.78 is 5.31. The van der Waals surface area contributed by atoms with E-state index in [4.69, 9.17) is 4.74 Å². The third-order valence-corrected chi connectivity index (χ3v) is 2.51. The number of pyridine rings is 1. The summed E-state index contributed by atoms with van der Waals surface area (Å²) in [5.41, 5.74) is -0.419. The van der Waals surface area contributed by atoms with Crippen molar-refractivity contribution in [1.29, 1.82) is 0 Å². The van der Waals surface area contributed by atoms with Gasteiger partial charge in [0.15, 0.2) is 0 Å². The third kappa shape index (κ3) is 3.38. The first-order chi connectivity index (χ1) is 7.45. The van der Waals surface area contributed by atoms with Gasteiger partial charge in [0, 0.05) is 6.07 Å². The molecule has 4 nitrogen and oxygen atoms in total. The van der Waals surface area contributed by atoms with Crippen LogP contribution in [0.3, 0.4) is 0 Å². The molecule has 0 radical (unpaired) electrons. The average Bonchev–Trinajstić information content (AvgIpc) is 2.17. The molecule has 16 heavy (non-hydrogen) atoms. The van der Waals surface area contributed by atoms with Crippen molar-refractivity contribution < 1.29 is 9.84 Å². The zero-order valence-corrected chi connectivity index (χ0v) is 10.3. The molecule has 1 unspecified atom stereocenters. The van der Waals surface area contributed by atoms with Crippen LogP contribution in [0.15, 0.2) is 18.2 Å². The van der Waals surface area contributed by atoms with Crippen molar-refractivity contribution in [2.24, 2.45) is 0 Å². The van der Waals surface area contributed by atoms with Crippen LogP contribution in [0.25, 0.3) is 0 Å². The minimum absolute atomic E-state index is 0.419. The van der Waals surface area contributed by atoms with E-state index in [0.29, 0.717) is 18.3 Å². The van der Waals surface area contributed by atoms with Crippen LogP contribution in [-0.4, -0.2) is 28.3 Å². The number of ether oxygens (including phenoxy) is 1. The van der Waals surface area contributed by atoms with Crippen molar-refractivity contribution in [3.63, 3.8) is 0 Å². The summed E-state index contributed by atoms with van der Waals surface area (Å²) in [6.45, 7) is 8.11. The summed E-state index contributed by atoms with van der Waals surface area (Å²) in [5.74, 6) is 1.30. The van der Waals surface area contributed by atoms with Crippen molar-refractivity contribution in [3.8, 4) is 5.88 Å². The highest BCUT2D eigenvalue weighted by atomic mass is 16.5. The van der Waals surface area contributed by atoms with Gasteiger partial charge in [-0.15, -0.1) is 0 Å². The van der Waals surface area contributed by atoms with Crippen molar-refractivity contribution in [2.45, 2.75) is 39.3 Å².